The van der Waals surface area contributed by atoms with Crippen molar-refractivity contribution in [1.82, 2.24) is 5.32 Å². The number of methoxy groups -OCH3 is 1. The molecule has 5 heteroatoms. The van der Waals surface area contributed by atoms with Crippen LogP contribution in [0.4, 0.5) is 0 Å². The summed E-state index contributed by atoms with van der Waals surface area (Å²) in [5, 5.41) is 2.86. The molecule has 100 valence electrons. The van der Waals surface area contributed by atoms with E-state index >= 15 is 0 Å². The lowest BCUT2D eigenvalue weighted by molar-refractivity contribution is -0.124. The molecule has 2 atom stereocenters. The maximum absolute atomic E-state index is 11.7. The smallest absolute Gasteiger partial charge is 0.237 e. The van der Waals surface area contributed by atoms with Crippen LogP contribution in [0.3, 0.4) is 0 Å². The van der Waals surface area contributed by atoms with Gasteiger partial charge in [-0.1, -0.05) is 19.8 Å². The molecule has 0 bridgehead atoms. The van der Waals surface area contributed by atoms with E-state index in [1.165, 1.54) is 0 Å². The number of rotatable bonds is 7. The Hall–Kier alpha value is -0.650. The molecule has 2 unspecified atom stereocenters. The third-order valence-electron chi connectivity index (χ3n) is 3.29. The molecule has 0 aromatic rings. The van der Waals surface area contributed by atoms with Crippen LogP contribution in [0.2, 0.25) is 0 Å². The molecular formula is C12H24N2O3. The van der Waals surface area contributed by atoms with Gasteiger partial charge in [0.25, 0.3) is 0 Å². The summed E-state index contributed by atoms with van der Waals surface area (Å²) in [6.07, 6.45) is 3.58. The average Bonchev–Trinajstić information content (AvgIpc) is 2.82. The van der Waals surface area contributed by atoms with Crippen molar-refractivity contribution < 1.29 is 14.3 Å². The minimum Gasteiger partial charge on any atom is -0.378 e. The Bertz CT molecular complexity index is 240. The van der Waals surface area contributed by atoms with Crippen LogP contribution in [-0.2, 0) is 14.3 Å². The minimum absolute atomic E-state index is 0.0956. The summed E-state index contributed by atoms with van der Waals surface area (Å²) in [6, 6.07) is -0.411. The molecule has 0 saturated carbocycles. The summed E-state index contributed by atoms with van der Waals surface area (Å²) in [6.45, 7) is 3.78. The summed E-state index contributed by atoms with van der Waals surface area (Å²) < 4.78 is 10.7. The number of hydrogen-bond donors (Lipinski definition) is 2. The molecule has 3 N–H and O–H groups in total. The fourth-order valence-corrected chi connectivity index (χ4v) is 1.90. The molecule has 1 amide bonds. The zero-order chi connectivity index (χ0) is 12.7. The highest BCUT2D eigenvalue weighted by Crippen LogP contribution is 2.21. The molecule has 0 radical (unpaired) electrons. The van der Waals surface area contributed by atoms with Crippen molar-refractivity contribution in [3.8, 4) is 0 Å². The van der Waals surface area contributed by atoms with Gasteiger partial charge in [-0.05, 0) is 6.42 Å². The summed E-state index contributed by atoms with van der Waals surface area (Å²) in [7, 11) is 1.65. The van der Waals surface area contributed by atoms with Crippen molar-refractivity contribution in [2.24, 2.45) is 5.73 Å². The van der Waals surface area contributed by atoms with Crippen LogP contribution in [0, 0.1) is 0 Å². The van der Waals surface area contributed by atoms with Gasteiger partial charge in [0.2, 0.25) is 5.91 Å². The molecule has 0 aromatic carbocycles. The predicted molar refractivity (Wildman–Crippen MR) is 65.7 cm³/mol. The fourth-order valence-electron chi connectivity index (χ4n) is 1.90. The van der Waals surface area contributed by atoms with Gasteiger partial charge in [0, 0.05) is 26.7 Å². The lowest BCUT2D eigenvalue weighted by Gasteiger charge is -2.26. The van der Waals surface area contributed by atoms with Gasteiger partial charge in [-0.2, -0.15) is 0 Å². The van der Waals surface area contributed by atoms with Crippen molar-refractivity contribution in [1.29, 1.82) is 0 Å². The molecule has 1 rings (SSSR count). The number of carbonyl (C=O) groups is 1. The first-order chi connectivity index (χ1) is 8.13. The Kier molecular flexibility index (Phi) is 5.88. The van der Waals surface area contributed by atoms with E-state index in [1.54, 1.807) is 7.11 Å². The molecular weight excluding hydrogens is 220 g/mol. The first-order valence-electron chi connectivity index (χ1n) is 6.30. The van der Waals surface area contributed by atoms with Gasteiger partial charge < -0.3 is 20.5 Å². The van der Waals surface area contributed by atoms with Crippen molar-refractivity contribution >= 4 is 5.91 Å². The molecule has 1 aliphatic rings. The largest absolute Gasteiger partial charge is 0.378 e. The van der Waals surface area contributed by atoms with Gasteiger partial charge in [0.1, 0.15) is 5.60 Å². The SMILES string of the molecule is CCCCC(N)C(=O)NCC1(OC)CCOC1. The lowest BCUT2D eigenvalue weighted by Crippen LogP contribution is -2.49. The van der Waals surface area contributed by atoms with Gasteiger partial charge >= 0.3 is 0 Å². The van der Waals surface area contributed by atoms with Gasteiger partial charge in [-0.15, -0.1) is 0 Å². The highest BCUT2D eigenvalue weighted by Gasteiger charge is 2.35. The zero-order valence-electron chi connectivity index (χ0n) is 10.8. The Balaban J connectivity index is 2.31. The van der Waals surface area contributed by atoms with Gasteiger partial charge in [0.15, 0.2) is 0 Å². The number of ether oxygens (including phenoxy) is 2. The Morgan fingerprint density at radius 1 is 1.65 bits per heavy atom. The molecule has 0 aliphatic carbocycles. The standard InChI is InChI=1S/C12H24N2O3/c1-3-4-5-10(13)11(15)14-8-12(16-2)6-7-17-9-12/h10H,3-9,13H2,1-2H3,(H,14,15). The summed E-state index contributed by atoms with van der Waals surface area (Å²) in [4.78, 5) is 11.7. The molecule has 0 spiro atoms. The van der Waals surface area contributed by atoms with E-state index in [0.717, 1.165) is 25.7 Å². The van der Waals surface area contributed by atoms with E-state index in [4.69, 9.17) is 15.2 Å². The number of amides is 1. The van der Waals surface area contributed by atoms with Crippen molar-refractivity contribution in [3.63, 3.8) is 0 Å². The van der Waals surface area contributed by atoms with Crippen LogP contribution in [0.15, 0.2) is 0 Å². The van der Waals surface area contributed by atoms with Crippen molar-refractivity contribution in [2.75, 3.05) is 26.9 Å². The van der Waals surface area contributed by atoms with Crippen LogP contribution in [0.25, 0.3) is 0 Å². The number of unbranched alkanes of at least 4 members (excludes halogenated alkanes) is 1. The lowest BCUT2D eigenvalue weighted by atomic mass is 10.0. The van der Waals surface area contributed by atoms with Crippen LogP contribution in [0.5, 0.6) is 0 Å². The van der Waals surface area contributed by atoms with E-state index in [0.29, 0.717) is 19.8 Å². The van der Waals surface area contributed by atoms with Crippen LogP contribution >= 0.6 is 0 Å². The van der Waals surface area contributed by atoms with Gasteiger partial charge in [-0.3, -0.25) is 4.79 Å². The van der Waals surface area contributed by atoms with E-state index in [1.807, 2.05) is 0 Å². The van der Waals surface area contributed by atoms with Crippen LogP contribution in [0.1, 0.15) is 32.6 Å². The third-order valence-corrected chi connectivity index (χ3v) is 3.29. The van der Waals surface area contributed by atoms with E-state index < -0.39 is 6.04 Å². The second-order valence-corrected chi connectivity index (χ2v) is 4.66. The fraction of sp³-hybridized carbons (Fsp3) is 0.917. The van der Waals surface area contributed by atoms with E-state index in [-0.39, 0.29) is 11.5 Å². The topological polar surface area (TPSA) is 73.6 Å². The molecule has 0 aromatic heterocycles. The third kappa shape index (κ3) is 4.26. The second kappa shape index (κ2) is 6.93. The highest BCUT2D eigenvalue weighted by atomic mass is 16.5. The molecule has 1 aliphatic heterocycles. The predicted octanol–water partition coefficient (Wildman–Crippen LogP) is 0.426. The second-order valence-electron chi connectivity index (χ2n) is 4.66. The maximum Gasteiger partial charge on any atom is 0.237 e. The number of carbonyl (C=O) groups excluding carboxylic acids is 1. The first-order valence-corrected chi connectivity index (χ1v) is 6.30. The molecule has 1 heterocycles. The minimum atomic E-state index is -0.411. The maximum atomic E-state index is 11.7. The summed E-state index contributed by atoms with van der Waals surface area (Å²) in [5.41, 5.74) is 5.43. The Morgan fingerprint density at radius 3 is 2.94 bits per heavy atom. The average molecular weight is 244 g/mol. The Labute approximate surface area is 103 Å². The monoisotopic (exact) mass is 244 g/mol. The zero-order valence-corrected chi connectivity index (χ0v) is 10.8. The molecule has 1 fully saturated rings. The number of hydrogen-bond acceptors (Lipinski definition) is 4. The Morgan fingerprint density at radius 2 is 2.41 bits per heavy atom. The normalized spacial score (nSPS) is 25.8. The summed E-state index contributed by atoms with van der Waals surface area (Å²) >= 11 is 0. The number of nitrogens with one attached hydrogen (secondary N) is 1. The molecule has 5 nitrogen and oxygen atoms in total. The molecule has 1 saturated heterocycles. The van der Waals surface area contributed by atoms with Crippen LogP contribution in [-0.4, -0.2) is 44.4 Å². The number of nitrogens with two attached hydrogens (primary N) is 1. The van der Waals surface area contributed by atoms with Crippen molar-refractivity contribution in [3.05, 3.63) is 0 Å². The summed E-state index contributed by atoms with van der Waals surface area (Å²) in [5.74, 6) is -0.0956. The van der Waals surface area contributed by atoms with Crippen molar-refractivity contribution in [2.45, 2.75) is 44.2 Å². The highest BCUT2D eigenvalue weighted by molar-refractivity contribution is 5.81. The quantitative estimate of drug-likeness (QED) is 0.681. The van der Waals surface area contributed by atoms with Gasteiger partial charge in [0.05, 0.1) is 12.6 Å². The van der Waals surface area contributed by atoms with E-state index in [2.05, 4.69) is 12.2 Å². The van der Waals surface area contributed by atoms with E-state index in [9.17, 15) is 4.79 Å². The molecule has 17 heavy (non-hydrogen) atoms. The first kappa shape index (κ1) is 14.4. The van der Waals surface area contributed by atoms with Gasteiger partial charge in [-0.25, -0.2) is 0 Å². The van der Waals surface area contributed by atoms with Crippen LogP contribution < -0.4 is 11.1 Å².